The van der Waals surface area contributed by atoms with Crippen LogP contribution in [0.3, 0.4) is 0 Å². The Kier molecular flexibility index (Phi) is 4.68. The summed E-state index contributed by atoms with van der Waals surface area (Å²) < 4.78 is 0. The fraction of sp³-hybridized carbons (Fsp3) is 0.167. The molecule has 0 fully saturated rings. The zero-order valence-electron chi connectivity index (χ0n) is 12.1. The fourth-order valence-corrected chi connectivity index (χ4v) is 2.77. The average molecular weight is 313 g/mol. The molecule has 0 atom stereocenters. The zero-order chi connectivity index (χ0) is 15.4. The molecular formula is C18H17ClN2O. The highest BCUT2D eigenvalue weighted by Gasteiger charge is 2.06. The van der Waals surface area contributed by atoms with Gasteiger partial charge in [-0.2, -0.15) is 0 Å². The van der Waals surface area contributed by atoms with Gasteiger partial charge in [0.1, 0.15) is 0 Å². The molecule has 0 radical (unpaired) electrons. The summed E-state index contributed by atoms with van der Waals surface area (Å²) >= 11 is 6.21. The molecule has 0 saturated carbocycles. The Hall–Kier alpha value is -1.94. The van der Waals surface area contributed by atoms with E-state index in [9.17, 15) is 5.11 Å². The van der Waals surface area contributed by atoms with Gasteiger partial charge in [0.15, 0.2) is 0 Å². The van der Waals surface area contributed by atoms with Crippen LogP contribution in [-0.4, -0.2) is 10.1 Å². The topological polar surface area (TPSA) is 45.1 Å². The Morgan fingerprint density at radius 2 is 1.68 bits per heavy atom. The number of nitrogens with zero attached hydrogens (tertiary/aromatic N) is 1. The van der Waals surface area contributed by atoms with Gasteiger partial charge in [-0.15, -0.1) is 0 Å². The maximum Gasteiger partial charge on any atom is 0.0761 e. The molecule has 0 aliphatic heterocycles. The van der Waals surface area contributed by atoms with Gasteiger partial charge in [-0.05, 0) is 34.9 Å². The number of fused-ring (bicyclic) bond motifs is 1. The van der Waals surface area contributed by atoms with Crippen LogP contribution in [0.25, 0.3) is 10.9 Å². The first-order chi connectivity index (χ1) is 10.8. The van der Waals surface area contributed by atoms with E-state index in [-0.39, 0.29) is 6.61 Å². The van der Waals surface area contributed by atoms with Crippen LogP contribution in [0, 0.1) is 0 Å². The molecule has 1 heterocycles. The number of rotatable bonds is 5. The largest absolute Gasteiger partial charge is 0.392 e. The van der Waals surface area contributed by atoms with Crippen LogP contribution in [0.1, 0.15) is 16.7 Å². The summed E-state index contributed by atoms with van der Waals surface area (Å²) in [4.78, 5) is 4.44. The minimum absolute atomic E-state index is 0.0588. The van der Waals surface area contributed by atoms with Crippen LogP contribution < -0.4 is 5.32 Å². The fourth-order valence-electron chi connectivity index (χ4n) is 2.56. The summed E-state index contributed by atoms with van der Waals surface area (Å²) in [6.07, 6.45) is 1.78. The quantitative estimate of drug-likeness (QED) is 0.755. The number of hydrogen-bond acceptors (Lipinski definition) is 3. The number of aliphatic hydroxyl groups is 1. The van der Waals surface area contributed by atoms with E-state index >= 15 is 0 Å². The maximum atomic E-state index is 9.35. The molecule has 112 valence electrons. The van der Waals surface area contributed by atoms with E-state index in [1.54, 1.807) is 6.20 Å². The van der Waals surface area contributed by atoms with E-state index in [1.165, 1.54) is 0 Å². The van der Waals surface area contributed by atoms with Gasteiger partial charge in [-0.25, -0.2) is 0 Å². The van der Waals surface area contributed by atoms with Crippen molar-refractivity contribution in [2.45, 2.75) is 19.7 Å². The highest BCUT2D eigenvalue weighted by atomic mass is 35.5. The predicted molar refractivity (Wildman–Crippen MR) is 89.7 cm³/mol. The maximum absolute atomic E-state index is 9.35. The number of aromatic nitrogens is 1. The lowest BCUT2D eigenvalue weighted by atomic mass is 10.1. The van der Waals surface area contributed by atoms with Crippen molar-refractivity contribution in [3.63, 3.8) is 0 Å². The Labute approximate surface area is 134 Å². The number of nitrogens with one attached hydrogen (secondary N) is 1. The SMILES string of the molecule is OCc1ccccc1CNCc1ccc(Cl)c2cccnc12. The van der Waals surface area contributed by atoms with E-state index in [1.807, 2.05) is 48.5 Å². The molecule has 0 spiro atoms. The predicted octanol–water partition coefficient (Wildman–Crippen LogP) is 3.67. The molecule has 0 aliphatic carbocycles. The van der Waals surface area contributed by atoms with Crippen LogP contribution in [0.4, 0.5) is 0 Å². The first-order valence-electron chi connectivity index (χ1n) is 7.20. The molecular weight excluding hydrogens is 296 g/mol. The first kappa shape index (κ1) is 15.0. The van der Waals surface area contributed by atoms with E-state index in [2.05, 4.69) is 10.3 Å². The van der Waals surface area contributed by atoms with Crippen LogP contribution in [0.5, 0.6) is 0 Å². The van der Waals surface area contributed by atoms with Gasteiger partial charge in [0.2, 0.25) is 0 Å². The van der Waals surface area contributed by atoms with Crippen molar-refractivity contribution < 1.29 is 5.11 Å². The van der Waals surface area contributed by atoms with Gasteiger partial charge >= 0.3 is 0 Å². The minimum Gasteiger partial charge on any atom is -0.392 e. The smallest absolute Gasteiger partial charge is 0.0761 e. The van der Waals surface area contributed by atoms with E-state index < -0.39 is 0 Å². The average Bonchev–Trinajstić information content (AvgIpc) is 2.57. The molecule has 4 heteroatoms. The van der Waals surface area contributed by atoms with Crippen molar-refractivity contribution in [2.75, 3.05) is 0 Å². The number of aliphatic hydroxyl groups excluding tert-OH is 1. The molecule has 0 saturated heterocycles. The molecule has 3 nitrogen and oxygen atoms in total. The molecule has 0 aliphatic rings. The van der Waals surface area contributed by atoms with Gasteiger partial charge in [-0.3, -0.25) is 4.98 Å². The third kappa shape index (κ3) is 3.12. The highest BCUT2D eigenvalue weighted by Crippen LogP contribution is 2.24. The van der Waals surface area contributed by atoms with Gasteiger partial charge in [0.25, 0.3) is 0 Å². The number of hydrogen-bond donors (Lipinski definition) is 2. The summed E-state index contributed by atoms with van der Waals surface area (Å²) in [5, 5.41) is 14.5. The van der Waals surface area contributed by atoms with Gasteiger partial charge in [-0.1, -0.05) is 41.9 Å². The summed E-state index contributed by atoms with van der Waals surface area (Å²) in [7, 11) is 0. The second-order valence-corrected chi connectivity index (χ2v) is 5.54. The molecule has 0 amide bonds. The van der Waals surface area contributed by atoms with Crippen molar-refractivity contribution in [1.82, 2.24) is 10.3 Å². The minimum atomic E-state index is 0.0588. The summed E-state index contributed by atoms with van der Waals surface area (Å²) in [5.41, 5.74) is 4.10. The van der Waals surface area contributed by atoms with E-state index in [0.717, 1.165) is 32.6 Å². The van der Waals surface area contributed by atoms with Crippen LogP contribution in [0.15, 0.2) is 54.7 Å². The number of pyridine rings is 1. The van der Waals surface area contributed by atoms with Crippen molar-refractivity contribution in [3.8, 4) is 0 Å². The number of halogens is 1. The number of benzene rings is 2. The second-order valence-electron chi connectivity index (χ2n) is 5.14. The summed E-state index contributed by atoms with van der Waals surface area (Å²) in [5.74, 6) is 0. The van der Waals surface area contributed by atoms with Gasteiger partial charge in [0.05, 0.1) is 12.1 Å². The van der Waals surface area contributed by atoms with Crippen molar-refractivity contribution in [1.29, 1.82) is 0 Å². The lowest BCUT2D eigenvalue weighted by Crippen LogP contribution is -2.14. The van der Waals surface area contributed by atoms with Gasteiger partial charge in [0, 0.05) is 29.7 Å². The van der Waals surface area contributed by atoms with Crippen molar-refractivity contribution in [3.05, 3.63) is 76.4 Å². The van der Waals surface area contributed by atoms with Crippen LogP contribution >= 0.6 is 11.6 Å². The lowest BCUT2D eigenvalue weighted by Gasteiger charge is -2.11. The third-order valence-electron chi connectivity index (χ3n) is 3.72. The Balaban J connectivity index is 1.76. The van der Waals surface area contributed by atoms with E-state index in [0.29, 0.717) is 13.1 Å². The Morgan fingerprint density at radius 3 is 2.50 bits per heavy atom. The zero-order valence-corrected chi connectivity index (χ0v) is 12.8. The van der Waals surface area contributed by atoms with Crippen LogP contribution in [0.2, 0.25) is 5.02 Å². The van der Waals surface area contributed by atoms with Crippen molar-refractivity contribution >= 4 is 22.5 Å². The van der Waals surface area contributed by atoms with Gasteiger partial charge < -0.3 is 10.4 Å². The summed E-state index contributed by atoms with van der Waals surface area (Å²) in [6, 6.07) is 15.7. The van der Waals surface area contributed by atoms with Crippen LogP contribution in [-0.2, 0) is 19.7 Å². The summed E-state index contributed by atoms with van der Waals surface area (Å²) in [6.45, 7) is 1.46. The molecule has 1 aromatic heterocycles. The standard InChI is InChI=1S/C18H17ClN2O/c19-17-8-7-14(18-16(17)6-3-9-21-18)11-20-10-13-4-1-2-5-15(13)12-22/h1-9,20,22H,10-12H2. The molecule has 0 bridgehead atoms. The normalized spacial score (nSPS) is 11.0. The molecule has 2 aromatic carbocycles. The Morgan fingerprint density at radius 1 is 0.909 bits per heavy atom. The third-order valence-corrected chi connectivity index (χ3v) is 4.05. The lowest BCUT2D eigenvalue weighted by molar-refractivity contribution is 0.280. The Bertz CT molecular complexity index is 789. The molecule has 0 unspecified atom stereocenters. The second kappa shape index (κ2) is 6.88. The molecule has 3 rings (SSSR count). The highest BCUT2D eigenvalue weighted by molar-refractivity contribution is 6.35. The first-order valence-corrected chi connectivity index (χ1v) is 7.58. The molecule has 3 aromatic rings. The monoisotopic (exact) mass is 312 g/mol. The molecule has 2 N–H and O–H groups in total. The molecule has 22 heavy (non-hydrogen) atoms. The van der Waals surface area contributed by atoms with E-state index in [4.69, 9.17) is 11.6 Å². The van der Waals surface area contributed by atoms with Crippen molar-refractivity contribution in [2.24, 2.45) is 0 Å².